The number of piperazine rings is 1. The van der Waals surface area contributed by atoms with Crippen molar-refractivity contribution in [2.75, 3.05) is 39.3 Å². The Bertz CT molecular complexity index is 1030. The molecule has 2 aliphatic heterocycles. The van der Waals surface area contributed by atoms with E-state index in [-0.39, 0.29) is 5.92 Å². The average Bonchev–Trinajstić information content (AvgIpc) is 3.34. The topological polar surface area (TPSA) is 65.7 Å². The largest absolute Gasteiger partial charge is 0.340 e. The van der Waals surface area contributed by atoms with E-state index in [0.717, 1.165) is 64.2 Å². The Balaban J connectivity index is 1.12. The molecule has 1 unspecified atom stereocenters. The second-order valence-electron chi connectivity index (χ2n) is 9.04. The Hall–Kier alpha value is -3.03. The van der Waals surface area contributed by atoms with Crippen LogP contribution < -0.4 is 0 Å². The van der Waals surface area contributed by atoms with E-state index < -0.39 is 0 Å². The molecule has 0 aliphatic carbocycles. The predicted octanol–water partition coefficient (Wildman–Crippen LogP) is 3.29. The van der Waals surface area contributed by atoms with Crippen molar-refractivity contribution in [2.24, 2.45) is 5.92 Å². The molecule has 0 bridgehead atoms. The molecule has 0 radical (unpaired) electrons. The van der Waals surface area contributed by atoms with Crippen LogP contribution in [0.5, 0.6) is 0 Å². The summed E-state index contributed by atoms with van der Waals surface area (Å²) in [5.74, 6) is 1.57. The highest BCUT2D eigenvalue weighted by Gasteiger charge is 2.31. The van der Waals surface area contributed by atoms with Crippen LogP contribution in [0, 0.1) is 5.92 Å². The van der Waals surface area contributed by atoms with Gasteiger partial charge in [0.2, 0.25) is 17.6 Å². The van der Waals surface area contributed by atoms with Crippen LogP contribution in [0.3, 0.4) is 0 Å². The highest BCUT2D eigenvalue weighted by atomic mass is 16.5. The molecular formula is C26H31N5O2. The number of rotatable bonds is 6. The van der Waals surface area contributed by atoms with E-state index >= 15 is 0 Å². The number of carbonyl (C=O) groups is 1. The zero-order chi connectivity index (χ0) is 22.5. The number of carbonyl (C=O) groups excluding carboxylic acids is 1. The first-order chi connectivity index (χ1) is 16.2. The van der Waals surface area contributed by atoms with E-state index in [4.69, 9.17) is 4.52 Å². The van der Waals surface area contributed by atoms with E-state index in [2.05, 4.69) is 49.1 Å². The average molecular weight is 446 g/mol. The summed E-state index contributed by atoms with van der Waals surface area (Å²) in [6.07, 6.45) is 1.97. The van der Waals surface area contributed by atoms with Gasteiger partial charge in [-0.1, -0.05) is 65.8 Å². The summed E-state index contributed by atoms with van der Waals surface area (Å²) < 4.78 is 5.49. The number of benzene rings is 2. The number of likely N-dealkylation sites (tertiary alicyclic amines) is 1. The van der Waals surface area contributed by atoms with Crippen molar-refractivity contribution in [3.05, 3.63) is 72.1 Å². The smallest absolute Gasteiger partial charge is 0.241 e. The quantitative estimate of drug-likeness (QED) is 0.580. The minimum Gasteiger partial charge on any atom is -0.340 e. The third-order valence-corrected chi connectivity index (χ3v) is 6.65. The summed E-state index contributed by atoms with van der Waals surface area (Å²) in [5, 5.41) is 4.12. The normalized spacial score (nSPS) is 20.1. The molecule has 1 atom stereocenters. The number of hydrogen-bond donors (Lipinski definition) is 0. The molecule has 33 heavy (non-hydrogen) atoms. The molecule has 2 fully saturated rings. The van der Waals surface area contributed by atoms with Crippen LogP contribution in [0.4, 0.5) is 0 Å². The maximum absolute atomic E-state index is 13.2. The molecule has 5 rings (SSSR count). The third kappa shape index (κ3) is 5.49. The van der Waals surface area contributed by atoms with Crippen LogP contribution in [-0.2, 0) is 17.9 Å². The lowest BCUT2D eigenvalue weighted by Gasteiger charge is -2.38. The van der Waals surface area contributed by atoms with Gasteiger partial charge in [-0.05, 0) is 24.9 Å². The van der Waals surface area contributed by atoms with Crippen molar-refractivity contribution in [2.45, 2.75) is 25.9 Å². The minimum absolute atomic E-state index is 0.0518. The Morgan fingerprint density at radius 1 is 0.879 bits per heavy atom. The van der Waals surface area contributed by atoms with Gasteiger partial charge < -0.3 is 9.42 Å². The molecule has 172 valence electrons. The van der Waals surface area contributed by atoms with Crippen molar-refractivity contribution < 1.29 is 9.32 Å². The maximum atomic E-state index is 13.2. The Morgan fingerprint density at radius 2 is 1.61 bits per heavy atom. The summed E-state index contributed by atoms with van der Waals surface area (Å²) in [7, 11) is 0. The zero-order valence-corrected chi connectivity index (χ0v) is 19.0. The van der Waals surface area contributed by atoms with Crippen LogP contribution in [0.1, 0.15) is 24.3 Å². The maximum Gasteiger partial charge on any atom is 0.241 e. The lowest BCUT2D eigenvalue weighted by molar-refractivity contribution is -0.139. The van der Waals surface area contributed by atoms with Crippen molar-refractivity contribution in [1.29, 1.82) is 0 Å². The molecule has 0 N–H and O–H groups in total. The summed E-state index contributed by atoms with van der Waals surface area (Å²) in [6.45, 7) is 6.74. The molecule has 2 aliphatic rings. The van der Waals surface area contributed by atoms with E-state index in [0.29, 0.717) is 24.2 Å². The monoisotopic (exact) mass is 445 g/mol. The van der Waals surface area contributed by atoms with Crippen molar-refractivity contribution in [3.63, 3.8) is 0 Å². The van der Waals surface area contributed by atoms with Gasteiger partial charge in [-0.2, -0.15) is 4.98 Å². The van der Waals surface area contributed by atoms with Gasteiger partial charge in [0.25, 0.3) is 0 Å². The van der Waals surface area contributed by atoms with Gasteiger partial charge in [0.05, 0.1) is 12.5 Å². The van der Waals surface area contributed by atoms with Gasteiger partial charge in [0.15, 0.2) is 0 Å². The fourth-order valence-corrected chi connectivity index (χ4v) is 4.84. The van der Waals surface area contributed by atoms with E-state index in [9.17, 15) is 4.79 Å². The minimum atomic E-state index is 0.0518. The van der Waals surface area contributed by atoms with Crippen molar-refractivity contribution in [1.82, 2.24) is 24.8 Å². The van der Waals surface area contributed by atoms with Crippen LogP contribution in [0.2, 0.25) is 0 Å². The highest BCUT2D eigenvalue weighted by molar-refractivity contribution is 5.79. The van der Waals surface area contributed by atoms with E-state index in [1.165, 1.54) is 5.56 Å². The molecule has 7 heteroatoms. The first kappa shape index (κ1) is 21.8. The number of nitrogens with zero attached hydrogens (tertiary/aromatic N) is 5. The number of aromatic nitrogens is 2. The molecule has 0 spiro atoms. The fraction of sp³-hybridized carbons (Fsp3) is 0.423. The summed E-state index contributed by atoms with van der Waals surface area (Å²) in [4.78, 5) is 24.6. The van der Waals surface area contributed by atoms with Crippen LogP contribution in [-0.4, -0.2) is 70.0 Å². The SMILES string of the molecule is O=C(C1CCCN(Cc2nc(-c3ccccc3)no2)C1)N1CCN(Cc2ccccc2)CC1. The molecule has 0 saturated carbocycles. The van der Waals surface area contributed by atoms with Crippen LogP contribution in [0.15, 0.2) is 65.2 Å². The Labute approximate surface area is 195 Å². The van der Waals surface area contributed by atoms with Crippen molar-refractivity contribution >= 4 is 5.91 Å². The third-order valence-electron chi connectivity index (χ3n) is 6.65. The van der Waals surface area contributed by atoms with Crippen LogP contribution >= 0.6 is 0 Å². The lowest BCUT2D eigenvalue weighted by Crippen LogP contribution is -2.52. The molecular weight excluding hydrogens is 414 g/mol. The predicted molar refractivity (Wildman–Crippen MR) is 126 cm³/mol. The lowest BCUT2D eigenvalue weighted by atomic mass is 9.96. The molecule has 3 heterocycles. The molecule has 1 aromatic heterocycles. The second-order valence-corrected chi connectivity index (χ2v) is 9.04. The van der Waals surface area contributed by atoms with Gasteiger partial charge in [-0.25, -0.2) is 0 Å². The summed E-state index contributed by atoms with van der Waals surface area (Å²) in [5.41, 5.74) is 2.28. The zero-order valence-electron chi connectivity index (χ0n) is 19.0. The first-order valence-electron chi connectivity index (χ1n) is 11.9. The molecule has 7 nitrogen and oxygen atoms in total. The number of piperidine rings is 1. The van der Waals surface area contributed by atoms with Gasteiger partial charge in [-0.3, -0.25) is 14.6 Å². The van der Waals surface area contributed by atoms with E-state index in [1.54, 1.807) is 0 Å². The Kier molecular flexibility index (Phi) is 6.79. The number of amides is 1. The molecule has 1 amide bonds. The van der Waals surface area contributed by atoms with Gasteiger partial charge in [0, 0.05) is 44.8 Å². The van der Waals surface area contributed by atoms with E-state index in [1.807, 2.05) is 36.4 Å². The second kappa shape index (κ2) is 10.3. The van der Waals surface area contributed by atoms with Gasteiger partial charge >= 0.3 is 0 Å². The van der Waals surface area contributed by atoms with Crippen molar-refractivity contribution in [3.8, 4) is 11.4 Å². The van der Waals surface area contributed by atoms with Gasteiger partial charge in [0.1, 0.15) is 0 Å². The molecule has 2 aromatic carbocycles. The molecule has 2 saturated heterocycles. The molecule has 3 aromatic rings. The number of hydrogen-bond acceptors (Lipinski definition) is 6. The fourth-order valence-electron chi connectivity index (χ4n) is 4.84. The highest BCUT2D eigenvalue weighted by Crippen LogP contribution is 2.22. The standard InChI is InChI=1S/C26H31N5O2/c32-26(31-16-14-29(15-17-31)18-21-8-3-1-4-9-21)23-12-7-13-30(19-23)20-24-27-25(28-33-24)22-10-5-2-6-11-22/h1-6,8-11,23H,7,12-20H2. The summed E-state index contributed by atoms with van der Waals surface area (Å²) >= 11 is 0. The Morgan fingerprint density at radius 3 is 2.36 bits per heavy atom. The summed E-state index contributed by atoms with van der Waals surface area (Å²) in [6, 6.07) is 20.4. The first-order valence-corrected chi connectivity index (χ1v) is 11.9. The van der Waals surface area contributed by atoms with Crippen LogP contribution in [0.25, 0.3) is 11.4 Å². The van der Waals surface area contributed by atoms with Gasteiger partial charge in [-0.15, -0.1) is 0 Å².